The SMILES string of the molecule is CCC(O)C1CCCCN1S(=O)(=O)c1cccc2cnccc12. The highest BCUT2D eigenvalue weighted by Gasteiger charge is 2.37. The molecule has 3 rings (SSSR count). The van der Waals surface area contributed by atoms with Crippen LogP contribution in [0.25, 0.3) is 10.8 Å². The van der Waals surface area contributed by atoms with Crippen molar-refractivity contribution in [2.24, 2.45) is 0 Å². The van der Waals surface area contributed by atoms with Crippen molar-refractivity contribution in [2.45, 2.75) is 49.6 Å². The van der Waals surface area contributed by atoms with Gasteiger partial charge in [0.15, 0.2) is 0 Å². The summed E-state index contributed by atoms with van der Waals surface area (Å²) >= 11 is 0. The topological polar surface area (TPSA) is 70.5 Å². The van der Waals surface area contributed by atoms with E-state index in [2.05, 4.69) is 4.98 Å². The van der Waals surface area contributed by atoms with Gasteiger partial charge in [-0.2, -0.15) is 4.31 Å². The van der Waals surface area contributed by atoms with E-state index in [4.69, 9.17) is 0 Å². The second kappa shape index (κ2) is 6.55. The monoisotopic (exact) mass is 334 g/mol. The third-order valence-corrected chi connectivity index (χ3v) is 6.57. The van der Waals surface area contributed by atoms with Crippen molar-refractivity contribution in [1.82, 2.24) is 9.29 Å². The fourth-order valence-electron chi connectivity index (χ4n) is 3.33. The minimum Gasteiger partial charge on any atom is -0.391 e. The molecule has 1 aromatic heterocycles. The van der Waals surface area contributed by atoms with E-state index in [-0.39, 0.29) is 6.04 Å². The van der Waals surface area contributed by atoms with Crippen LogP contribution in [0.1, 0.15) is 32.6 Å². The molecule has 6 heteroatoms. The highest BCUT2D eigenvalue weighted by atomic mass is 32.2. The summed E-state index contributed by atoms with van der Waals surface area (Å²) in [6.07, 6.45) is 5.70. The van der Waals surface area contributed by atoms with Gasteiger partial charge < -0.3 is 5.11 Å². The maximum Gasteiger partial charge on any atom is 0.244 e. The largest absolute Gasteiger partial charge is 0.391 e. The molecule has 23 heavy (non-hydrogen) atoms. The maximum atomic E-state index is 13.2. The Balaban J connectivity index is 2.08. The third-order valence-electron chi connectivity index (χ3n) is 4.59. The van der Waals surface area contributed by atoms with Crippen LogP contribution >= 0.6 is 0 Å². The normalized spacial score (nSPS) is 21.4. The predicted molar refractivity (Wildman–Crippen MR) is 89.6 cm³/mol. The van der Waals surface area contributed by atoms with Gasteiger partial charge in [0.05, 0.1) is 17.0 Å². The number of rotatable bonds is 4. The zero-order chi connectivity index (χ0) is 16.4. The molecule has 2 atom stereocenters. The lowest BCUT2D eigenvalue weighted by Gasteiger charge is -2.37. The summed E-state index contributed by atoms with van der Waals surface area (Å²) in [5.74, 6) is 0. The van der Waals surface area contributed by atoms with Gasteiger partial charge in [0.2, 0.25) is 10.0 Å². The van der Waals surface area contributed by atoms with Crippen molar-refractivity contribution >= 4 is 20.8 Å². The second-order valence-corrected chi connectivity index (χ2v) is 7.87. The summed E-state index contributed by atoms with van der Waals surface area (Å²) in [4.78, 5) is 4.36. The number of hydrogen-bond donors (Lipinski definition) is 1. The number of aromatic nitrogens is 1. The van der Waals surface area contributed by atoms with Crippen LogP contribution in [0.4, 0.5) is 0 Å². The number of piperidine rings is 1. The van der Waals surface area contributed by atoms with Crippen molar-refractivity contribution in [2.75, 3.05) is 6.54 Å². The molecule has 1 saturated heterocycles. The van der Waals surface area contributed by atoms with E-state index in [1.54, 1.807) is 30.6 Å². The van der Waals surface area contributed by atoms with Crippen LogP contribution < -0.4 is 0 Å². The molecule has 2 heterocycles. The molecule has 5 nitrogen and oxygen atoms in total. The lowest BCUT2D eigenvalue weighted by Crippen LogP contribution is -2.49. The summed E-state index contributed by atoms with van der Waals surface area (Å²) in [5.41, 5.74) is 0. The Hall–Kier alpha value is -1.50. The van der Waals surface area contributed by atoms with Gasteiger partial charge in [0, 0.05) is 29.7 Å². The Labute approximate surface area is 137 Å². The van der Waals surface area contributed by atoms with Gasteiger partial charge in [0.25, 0.3) is 0 Å². The van der Waals surface area contributed by atoms with E-state index in [0.717, 1.165) is 18.2 Å². The lowest BCUT2D eigenvalue weighted by atomic mass is 9.98. The average molecular weight is 334 g/mol. The maximum absolute atomic E-state index is 13.2. The van der Waals surface area contributed by atoms with E-state index < -0.39 is 16.1 Å². The van der Waals surface area contributed by atoms with Gasteiger partial charge in [-0.15, -0.1) is 0 Å². The molecule has 0 aliphatic carbocycles. The summed E-state index contributed by atoms with van der Waals surface area (Å²) in [6.45, 7) is 2.35. The van der Waals surface area contributed by atoms with Crippen LogP contribution in [0.5, 0.6) is 0 Å². The number of benzene rings is 1. The van der Waals surface area contributed by atoms with Gasteiger partial charge in [0.1, 0.15) is 0 Å². The minimum absolute atomic E-state index is 0.299. The summed E-state index contributed by atoms with van der Waals surface area (Å²) < 4.78 is 28.0. The molecule has 1 fully saturated rings. The standard InChI is InChI=1S/C17H22N2O3S/c1-2-16(20)15-7-3-4-11-19(15)23(21,22)17-8-5-6-13-12-18-10-9-14(13)17/h5-6,8-10,12,15-16,20H,2-4,7,11H2,1H3. The molecular formula is C17H22N2O3S. The molecule has 0 amide bonds. The molecule has 0 bridgehead atoms. The van der Waals surface area contributed by atoms with E-state index in [0.29, 0.717) is 29.7 Å². The van der Waals surface area contributed by atoms with E-state index in [1.165, 1.54) is 4.31 Å². The van der Waals surface area contributed by atoms with Crippen LogP contribution in [0.15, 0.2) is 41.6 Å². The third kappa shape index (κ3) is 2.98. The van der Waals surface area contributed by atoms with Crippen molar-refractivity contribution < 1.29 is 13.5 Å². The number of hydrogen-bond acceptors (Lipinski definition) is 4. The first-order valence-electron chi connectivity index (χ1n) is 8.08. The molecule has 2 aromatic rings. The zero-order valence-corrected chi connectivity index (χ0v) is 14.0. The van der Waals surface area contributed by atoms with Crippen LogP contribution in [0, 0.1) is 0 Å². The van der Waals surface area contributed by atoms with E-state index >= 15 is 0 Å². The Bertz CT molecular complexity index is 786. The fourth-order valence-corrected chi connectivity index (χ4v) is 5.27. The van der Waals surface area contributed by atoms with Gasteiger partial charge in [-0.3, -0.25) is 4.98 Å². The molecule has 1 aromatic carbocycles. The van der Waals surface area contributed by atoms with Gasteiger partial charge >= 0.3 is 0 Å². The highest BCUT2D eigenvalue weighted by molar-refractivity contribution is 7.89. The quantitative estimate of drug-likeness (QED) is 0.933. The average Bonchev–Trinajstić information content (AvgIpc) is 2.60. The van der Waals surface area contributed by atoms with E-state index in [1.807, 2.05) is 13.0 Å². The highest BCUT2D eigenvalue weighted by Crippen LogP contribution is 2.31. The predicted octanol–water partition coefficient (Wildman–Crippen LogP) is 2.55. The molecule has 1 aliphatic heterocycles. The summed E-state index contributed by atoms with van der Waals surface area (Å²) in [5, 5.41) is 11.7. The van der Waals surface area contributed by atoms with Crippen molar-refractivity contribution in [3.8, 4) is 0 Å². The first-order chi connectivity index (χ1) is 11.1. The molecule has 0 radical (unpaired) electrons. The Morgan fingerprint density at radius 2 is 2.17 bits per heavy atom. The molecule has 0 saturated carbocycles. The second-order valence-electron chi connectivity index (χ2n) is 6.01. The van der Waals surface area contributed by atoms with Crippen LogP contribution in [0.3, 0.4) is 0 Å². The van der Waals surface area contributed by atoms with Crippen molar-refractivity contribution in [3.05, 3.63) is 36.7 Å². The molecule has 1 aliphatic rings. The fraction of sp³-hybridized carbons (Fsp3) is 0.471. The molecule has 124 valence electrons. The van der Waals surface area contributed by atoms with Crippen molar-refractivity contribution in [1.29, 1.82) is 0 Å². The Morgan fingerprint density at radius 3 is 2.96 bits per heavy atom. The smallest absolute Gasteiger partial charge is 0.244 e. The number of pyridine rings is 1. The van der Waals surface area contributed by atoms with Crippen LogP contribution in [-0.4, -0.2) is 41.5 Å². The molecular weight excluding hydrogens is 312 g/mol. The van der Waals surface area contributed by atoms with Gasteiger partial charge in [-0.05, 0) is 31.4 Å². The summed E-state index contributed by atoms with van der Waals surface area (Å²) in [7, 11) is -3.65. The number of aliphatic hydroxyl groups is 1. The number of sulfonamides is 1. The number of fused-ring (bicyclic) bond motifs is 1. The van der Waals surface area contributed by atoms with Crippen molar-refractivity contribution in [3.63, 3.8) is 0 Å². The first-order valence-corrected chi connectivity index (χ1v) is 9.52. The minimum atomic E-state index is -3.65. The van der Waals surface area contributed by atoms with Crippen LogP contribution in [-0.2, 0) is 10.0 Å². The Kier molecular flexibility index (Phi) is 4.66. The first kappa shape index (κ1) is 16.4. The Morgan fingerprint density at radius 1 is 1.35 bits per heavy atom. The van der Waals surface area contributed by atoms with Gasteiger partial charge in [-0.1, -0.05) is 25.5 Å². The molecule has 2 unspecified atom stereocenters. The lowest BCUT2D eigenvalue weighted by molar-refractivity contribution is 0.0668. The van der Waals surface area contributed by atoms with Crippen LogP contribution in [0.2, 0.25) is 0 Å². The van der Waals surface area contributed by atoms with Gasteiger partial charge in [-0.25, -0.2) is 8.42 Å². The van der Waals surface area contributed by atoms with E-state index in [9.17, 15) is 13.5 Å². The number of nitrogens with zero attached hydrogens (tertiary/aromatic N) is 2. The molecule has 0 spiro atoms. The summed E-state index contributed by atoms with van der Waals surface area (Å²) in [6, 6.07) is 6.64. The molecule has 1 N–H and O–H groups in total. The number of aliphatic hydroxyl groups excluding tert-OH is 1. The zero-order valence-electron chi connectivity index (χ0n) is 13.2.